The number of hydrogen-bond donors (Lipinski definition) is 2. The Morgan fingerprint density at radius 3 is 2.63 bits per heavy atom. The number of sulfone groups is 1. The highest BCUT2D eigenvalue weighted by Gasteiger charge is 2.14. The standard InChI is InChI=1S/C13H19NO4S/c1-3-11(7-8-15)14-13(16)10-5-4-6-12(9-10)19(2,17)18/h4-6,9,11,15H,3,7-8H2,1-2H3,(H,14,16). The van der Waals surface area contributed by atoms with Crippen LogP contribution in [0, 0.1) is 0 Å². The van der Waals surface area contributed by atoms with Gasteiger partial charge in [-0.2, -0.15) is 0 Å². The van der Waals surface area contributed by atoms with Gasteiger partial charge >= 0.3 is 0 Å². The zero-order chi connectivity index (χ0) is 14.5. The Morgan fingerprint density at radius 2 is 2.11 bits per heavy atom. The number of nitrogens with one attached hydrogen (secondary N) is 1. The van der Waals surface area contributed by atoms with Crippen molar-refractivity contribution in [3.05, 3.63) is 29.8 Å². The van der Waals surface area contributed by atoms with E-state index in [0.29, 0.717) is 18.4 Å². The van der Waals surface area contributed by atoms with Gasteiger partial charge in [-0.05, 0) is 31.0 Å². The maximum absolute atomic E-state index is 12.0. The van der Waals surface area contributed by atoms with Gasteiger partial charge < -0.3 is 10.4 Å². The first kappa shape index (κ1) is 15.7. The third kappa shape index (κ3) is 4.65. The molecule has 0 saturated heterocycles. The smallest absolute Gasteiger partial charge is 0.251 e. The van der Waals surface area contributed by atoms with Crippen molar-refractivity contribution in [1.29, 1.82) is 0 Å². The minimum Gasteiger partial charge on any atom is -0.396 e. The van der Waals surface area contributed by atoms with Gasteiger partial charge in [0.1, 0.15) is 0 Å². The Balaban J connectivity index is 2.88. The lowest BCUT2D eigenvalue weighted by atomic mass is 10.1. The number of aliphatic hydroxyl groups excluding tert-OH is 1. The lowest BCUT2D eigenvalue weighted by Crippen LogP contribution is -2.35. The van der Waals surface area contributed by atoms with Gasteiger partial charge in [0.05, 0.1) is 4.90 Å². The molecule has 1 amide bonds. The van der Waals surface area contributed by atoms with Crippen molar-refractivity contribution in [2.24, 2.45) is 0 Å². The van der Waals surface area contributed by atoms with Crippen LogP contribution in [0.25, 0.3) is 0 Å². The average Bonchev–Trinajstić information content (AvgIpc) is 2.37. The van der Waals surface area contributed by atoms with Crippen LogP contribution in [0.3, 0.4) is 0 Å². The molecule has 0 aliphatic carbocycles. The molecule has 0 saturated carbocycles. The molecule has 0 heterocycles. The highest BCUT2D eigenvalue weighted by Crippen LogP contribution is 2.12. The second-order valence-electron chi connectivity index (χ2n) is 4.39. The first-order valence-corrected chi connectivity index (χ1v) is 7.99. The molecule has 1 atom stereocenters. The number of rotatable bonds is 6. The second kappa shape index (κ2) is 6.68. The van der Waals surface area contributed by atoms with Gasteiger partial charge in [-0.15, -0.1) is 0 Å². The van der Waals surface area contributed by atoms with Crippen molar-refractivity contribution in [3.8, 4) is 0 Å². The zero-order valence-electron chi connectivity index (χ0n) is 11.1. The van der Waals surface area contributed by atoms with Crippen LogP contribution in [-0.2, 0) is 9.84 Å². The van der Waals surface area contributed by atoms with Gasteiger partial charge in [-0.3, -0.25) is 4.79 Å². The summed E-state index contributed by atoms with van der Waals surface area (Å²) in [7, 11) is -3.32. The summed E-state index contributed by atoms with van der Waals surface area (Å²) < 4.78 is 22.8. The van der Waals surface area contributed by atoms with Crippen molar-refractivity contribution in [2.45, 2.75) is 30.7 Å². The van der Waals surface area contributed by atoms with E-state index in [2.05, 4.69) is 5.32 Å². The quantitative estimate of drug-likeness (QED) is 0.816. The molecule has 0 aliphatic heterocycles. The molecule has 1 aromatic rings. The summed E-state index contributed by atoms with van der Waals surface area (Å²) in [6, 6.07) is 5.81. The lowest BCUT2D eigenvalue weighted by molar-refractivity contribution is 0.0929. The van der Waals surface area contributed by atoms with Crippen LogP contribution in [-0.4, -0.2) is 38.3 Å². The average molecular weight is 285 g/mol. The molecule has 0 radical (unpaired) electrons. The van der Waals surface area contributed by atoms with E-state index in [1.165, 1.54) is 18.2 Å². The normalized spacial score (nSPS) is 13.0. The minimum absolute atomic E-state index is 0.00215. The summed E-state index contributed by atoms with van der Waals surface area (Å²) in [4.78, 5) is 12.1. The van der Waals surface area contributed by atoms with Crippen molar-refractivity contribution in [2.75, 3.05) is 12.9 Å². The van der Waals surface area contributed by atoms with Crippen LogP contribution < -0.4 is 5.32 Å². The molecule has 6 heteroatoms. The van der Waals surface area contributed by atoms with Crippen LogP contribution >= 0.6 is 0 Å². The molecule has 0 bridgehead atoms. The molecule has 19 heavy (non-hydrogen) atoms. The fourth-order valence-corrected chi connectivity index (χ4v) is 2.34. The maximum Gasteiger partial charge on any atom is 0.251 e. The van der Waals surface area contributed by atoms with Crippen molar-refractivity contribution in [1.82, 2.24) is 5.32 Å². The molecule has 1 aromatic carbocycles. The Labute approximate surface area is 113 Å². The Kier molecular flexibility index (Phi) is 5.50. The minimum atomic E-state index is -3.32. The predicted octanol–water partition coefficient (Wildman–Crippen LogP) is 0.981. The number of hydrogen-bond acceptors (Lipinski definition) is 4. The lowest BCUT2D eigenvalue weighted by Gasteiger charge is -2.15. The highest BCUT2D eigenvalue weighted by atomic mass is 32.2. The maximum atomic E-state index is 12.0. The molecule has 0 aromatic heterocycles. The van der Waals surface area contributed by atoms with Crippen LogP contribution in [0.15, 0.2) is 29.2 Å². The van der Waals surface area contributed by atoms with E-state index in [1.807, 2.05) is 6.92 Å². The molecule has 2 N–H and O–H groups in total. The number of amides is 1. The number of aliphatic hydroxyl groups is 1. The van der Waals surface area contributed by atoms with E-state index >= 15 is 0 Å². The molecule has 0 spiro atoms. The van der Waals surface area contributed by atoms with Crippen LogP contribution in [0.5, 0.6) is 0 Å². The Bertz CT molecular complexity index is 539. The summed E-state index contributed by atoms with van der Waals surface area (Å²) in [6.45, 7) is 1.91. The molecule has 5 nitrogen and oxygen atoms in total. The van der Waals surface area contributed by atoms with Gasteiger partial charge in [0.15, 0.2) is 9.84 Å². The van der Waals surface area contributed by atoms with Crippen molar-refractivity contribution in [3.63, 3.8) is 0 Å². The predicted molar refractivity (Wildman–Crippen MR) is 72.8 cm³/mol. The van der Waals surface area contributed by atoms with Gasteiger partial charge in [-0.1, -0.05) is 13.0 Å². The van der Waals surface area contributed by atoms with Crippen LogP contribution in [0.2, 0.25) is 0 Å². The number of carbonyl (C=O) groups is 1. The topological polar surface area (TPSA) is 83.5 Å². The Morgan fingerprint density at radius 1 is 1.42 bits per heavy atom. The zero-order valence-corrected chi connectivity index (χ0v) is 11.9. The molecule has 0 aliphatic rings. The fourth-order valence-electron chi connectivity index (χ4n) is 1.67. The van der Waals surface area contributed by atoms with Crippen LogP contribution in [0.4, 0.5) is 0 Å². The molecule has 1 rings (SSSR count). The van der Waals surface area contributed by atoms with Crippen molar-refractivity contribution >= 4 is 15.7 Å². The fraction of sp³-hybridized carbons (Fsp3) is 0.462. The third-order valence-electron chi connectivity index (χ3n) is 2.83. The Hall–Kier alpha value is -1.40. The second-order valence-corrected chi connectivity index (χ2v) is 6.41. The van der Waals surface area contributed by atoms with E-state index < -0.39 is 9.84 Å². The van der Waals surface area contributed by atoms with Gasteiger partial charge in [0.2, 0.25) is 0 Å². The summed E-state index contributed by atoms with van der Waals surface area (Å²) >= 11 is 0. The largest absolute Gasteiger partial charge is 0.396 e. The molecular formula is C13H19NO4S. The molecular weight excluding hydrogens is 266 g/mol. The van der Waals surface area contributed by atoms with Crippen LogP contribution in [0.1, 0.15) is 30.1 Å². The van der Waals surface area contributed by atoms with E-state index in [0.717, 1.165) is 6.26 Å². The monoisotopic (exact) mass is 285 g/mol. The number of benzene rings is 1. The van der Waals surface area contributed by atoms with Gasteiger partial charge in [-0.25, -0.2) is 8.42 Å². The van der Waals surface area contributed by atoms with Gasteiger partial charge in [0, 0.05) is 24.5 Å². The summed E-state index contributed by atoms with van der Waals surface area (Å²) in [5, 5.41) is 11.6. The first-order valence-electron chi connectivity index (χ1n) is 6.10. The first-order chi connectivity index (χ1) is 8.88. The SMILES string of the molecule is CCC(CCO)NC(=O)c1cccc(S(C)(=O)=O)c1. The van der Waals surface area contributed by atoms with Gasteiger partial charge in [0.25, 0.3) is 5.91 Å². The van der Waals surface area contributed by atoms with E-state index in [9.17, 15) is 13.2 Å². The van der Waals surface area contributed by atoms with E-state index in [-0.39, 0.29) is 23.5 Å². The van der Waals surface area contributed by atoms with E-state index in [1.54, 1.807) is 6.07 Å². The van der Waals surface area contributed by atoms with E-state index in [4.69, 9.17) is 5.11 Å². The molecule has 1 unspecified atom stereocenters. The number of carbonyl (C=O) groups excluding carboxylic acids is 1. The summed E-state index contributed by atoms with van der Waals surface area (Å²) in [5.74, 6) is -0.328. The third-order valence-corrected chi connectivity index (χ3v) is 3.94. The molecule has 0 fully saturated rings. The summed E-state index contributed by atoms with van der Waals surface area (Å²) in [6.07, 6.45) is 2.29. The highest BCUT2D eigenvalue weighted by molar-refractivity contribution is 7.90. The summed E-state index contributed by atoms with van der Waals surface area (Å²) in [5.41, 5.74) is 0.305. The van der Waals surface area contributed by atoms with Crippen molar-refractivity contribution < 1.29 is 18.3 Å². The molecule has 106 valence electrons.